The van der Waals surface area contributed by atoms with E-state index in [-0.39, 0.29) is 27.4 Å². The highest BCUT2D eigenvalue weighted by atomic mass is 35.5. The molecule has 0 amide bonds. The SMILES string of the molecule is CC(C)C(C)NS(=O)(=O)c1cc(F)c(Cl)c(CO)c1. The van der Waals surface area contributed by atoms with Gasteiger partial charge in [-0.2, -0.15) is 0 Å². The maximum absolute atomic E-state index is 13.5. The number of nitrogens with one attached hydrogen (secondary N) is 1. The number of aliphatic hydroxyl groups excluding tert-OH is 1. The van der Waals surface area contributed by atoms with Crippen molar-refractivity contribution >= 4 is 21.6 Å². The third kappa shape index (κ3) is 3.89. The van der Waals surface area contributed by atoms with Crippen LogP contribution in [0.1, 0.15) is 26.3 Å². The quantitative estimate of drug-likeness (QED) is 0.877. The van der Waals surface area contributed by atoms with Gasteiger partial charge < -0.3 is 5.11 Å². The summed E-state index contributed by atoms with van der Waals surface area (Å²) in [6, 6.07) is 1.72. The number of halogens is 2. The third-order valence-electron chi connectivity index (χ3n) is 2.90. The van der Waals surface area contributed by atoms with E-state index >= 15 is 0 Å². The van der Waals surface area contributed by atoms with Gasteiger partial charge in [-0.25, -0.2) is 17.5 Å². The molecule has 19 heavy (non-hydrogen) atoms. The van der Waals surface area contributed by atoms with Crippen molar-refractivity contribution in [3.05, 3.63) is 28.5 Å². The molecule has 1 atom stereocenters. The summed E-state index contributed by atoms with van der Waals surface area (Å²) in [6.07, 6.45) is 0. The predicted molar refractivity (Wildman–Crippen MR) is 72.0 cm³/mol. The van der Waals surface area contributed by atoms with Gasteiger partial charge in [0.2, 0.25) is 10.0 Å². The Morgan fingerprint density at radius 2 is 1.95 bits per heavy atom. The van der Waals surface area contributed by atoms with Gasteiger partial charge >= 0.3 is 0 Å². The molecule has 1 unspecified atom stereocenters. The topological polar surface area (TPSA) is 66.4 Å². The van der Waals surface area contributed by atoms with Gasteiger partial charge in [-0.15, -0.1) is 0 Å². The maximum Gasteiger partial charge on any atom is 0.240 e. The second-order valence-electron chi connectivity index (χ2n) is 4.69. The molecule has 4 nitrogen and oxygen atoms in total. The maximum atomic E-state index is 13.5. The Hall–Kier alpha value is -0.690. The fourth-order valence-corrected chi connectivity index (χ4v) is 2.96. The van der Waals surface area contributed by atoms with Crippen molar-refractivity contribution in [2.24, 2.45) is 5.92 Å². The average Bonchev–Trinajstić information content (AvgIpc) is 2.31. The van der Waals surface area contributed by atoms with Crippen LogP contribution in [0.25, 0.3) is 0 Å². The van der Waals surface area contributed by atoms with E-state index in [9.17, 15) is 12.8 Å². The lowest BCUT2D eigenvalue weighted by atomic mass is 10.1. The van der Waals surface area contributed by atoms with Gasteiger partial charge in [-0.3, -0.25) is 0 Å². The second kappa shape index (κ2) is 6.17. The van der Waals surface area contributed by atoms with E-state index in [0.717, 1.165) is 6.07 Å². The molecular weight excluding hydrogens is 293 g/mol. The highest BCUT2D eigenvalue weighted by molar-refractivity contribution is 7.89. The summed E-state index contributed by atoms with van der Waals surface area (Å²) in [5.74, 6) is -0.768. The number of benzene rings is 1. The lowest BCUT2D eigenvalue weighted by Crippen LogP contribution is -2.36. The molecule has 2 N–H and O–H groups in total. The zero-order valence-corrected chi connectivity index (χ0v) is 12.5. The van der Waals surface area contributed by atoms with Crippen LogP contribution in [0.2, 0.25) is 5.02 Å². The van der Waals surface area contributed by atoms with E-state index < -0.39 is 22.4 Å². The summed E-state index contributed by atoms with van der Waals surface area (Å²) in [5.41, 5.74) is 0.0410. The minimum Gasteiger partial charge on any atom is -0.392 e. The van der Waals surface area contributed by atoms with E-state index in [1.165, 1.54) is 6.07 Å². The normalized spacial score (nSPS) is 13.8. The largest absolute Gasteiger partial charge is 0.392 e. The zero-order chi connectivity index (χ0) is 14.8. The zero-order valence-electron chi connectivity index (χ0n) is 10.9. The molecular formula is C12H17ClFNO3S. The van der Waals surface area contributed by atoms with Crippen LogP contribution in [0.5, 0.6) is 0 Å². The van der Waals surface area contributed by atoms with Crippen molar-refractivity contribution in [3.63, 3.8) is 0 Å². The van der Waals surface area contributed by atoms with Crippen molar-refractivity contribution in [3.8, 4) is 0 Å². The molecule has 0 saturated carbocycles. The van der Waals surface area contributed by atoms with Crippen LogP contribution in [0.4, 0.5) is 4.39 Å². The van der Waals surface area contributed by atoms with Gasteiger partial charge in [0.05, 0.1) is 16.5 Å². The van der Waals surface area contributed by atoms with E-state index in [1.807, 2.05) is 13.8 Å². The summed E-state index contributed by atoms with van der Waals surface area (Å²) in [6.45, 7) is 4.93. The molecule has 0 saturated heterocycles. The first-order chi connectivity index (χ1) is 8.69. The van der Waals surface area contributed by atoms with Gasteiger partial charge in [0.25, 0.3) is 0 Å². The van der Waals surface area contributed by atoms with Crippen LogP contribution in [-0.2, 0) is 16.6 Å². The van der Waals surface area contributed by atoms with E-state index in [4.69, 9.17) is 16.7 Å². The lowest BCUT2D eigenvalue weighted by Gasteiger charge is -2.18. The minimum absolute atomic E-state index is 0.0410. The summed E-state index contributed by atoms with van der Waals surface area (Å²) < 4.78 is 40.1. The lowest BCUT2D eigenvalue weighted by molar-refractivity contribution is 0.281. The van der Waals surface area contributed by atoms with Crippen molar-refractivity contribution in [1.82, 2.24) is 4.72 Å². The molecule has 0 aromatic heterocycles. The number of sulfonamides is 1. The van der Waals surface area contributed by atoms with Crippen LogP contribution in [0.3, 0.4) is 0 Å². The molecule has 1 aromatic rings. The van der Waals surface area contributed by atoms with Crippen LogP contribution >= 0.6 is 11.6 Å². The molecule has 0 radical (unpaired) electrons. The highest BCUT2D eigenvalue weighted by Crippen LogP contribution is 2.24. The fraction of sp³-hybridized carbons (Fsp3) is 0.500. The third-order valence-corrected chi connectivity index (χ3v) is 4.86. The van der Waals surface area contributed by atoms with Gasteiger partial charge in [0.1, 0.15) is 5.82 Å². The van der Waals surface area contributed by atoms with Crippen LogP contribution in [-0.4, -0.2) is 19.6 Å². The molecule has 1 aromatic carbocycles. The molecule has 0 bridgehead atoms. The molecule has 0 aliphatic rings. The first-order valence-electron chi connectivity index (χ1n) is 5.80. The Morgan fingerprint density at radius 3 is 2.42 bits per heavy atom. The van der Waals surface area contributed by atoms with E-state index in [2.05, 4.69) is 4.72 Å². The molecule has 0 heterocycles. The Balaban J connectivity index is 3.19. The monoisotopic (exact) mass is 309 g/mol. The average molecular weight is 310 g/mol. The highest BCUT2D eigenvalue weighted by Gasteiger charge is 2.22. The molecule has 7 heteroatoms. The molecule has 0 aliphatic heterocycles. The van der Waals surface area contributed by atoms with Crippen molar-refractivity contribution < 1.29 is 17.9 Å². The van der Waals surface area contributed by atoms with E-state index in [0.29, 0.717) is 0 Å². The first kappa shape index (κ1) is 16.4. The van der Waals surface area contributed by atoms with Crippen LogP contribution in [0, 0.1) is 11.7 Å². The van der Waals surface area contributed by atoms with Gasteiger partial charge in [-0.05, 0) is 25.0 Å². The van der Waals surface area contributed by atoms with E-state index in [1.54, 1.807) is 6.92 Å². The fourth-order valence-electron chi connectivity index (χ4n) is 1.34. The summed E-state index contributed by atoms with van der Waals surface area (Å²) >= 11 is 5.62. The number of rotatable bonds is 5. The molecule has 0 aliphatic carbocycles. The van der Waals surface area contributed by atoms with Gasteiger partial charge in [0, 0.05) is 11.6 Å². The van der Waals surface area contributed by atoms with Gasteiger partial charge in [-0.1, -0.05) is 25.4 Å². The van der Waals surface area contributed by atoms with Crippen molar-refractivity contribution in [1.29, 1.82) is 0 Å². The number of hydrogen-bond donors (Lipinski definition) is 2. The summed E-state index contributed by atoms with van der Waals surface area (Å²) in [7, 11) is -3.84. The second-order valence-corrected chi connectivity index (χ2v) is 6.78. The summed E-state index contributed by atoms with van der Waals surface area (Å²) in [5, 5.41) is 8.77. The molecule has 108 valence electrons. The van der Waals surface area contributed by atoms with Gasteiger partial charge in [0.15, 0.2) is 0 Å². The Bertz CT molecular complexity index is 560. The van der Waals surface area contributed by atoms with Crippen LogP contribution in [0.15, 0.2) is 17.0 Å². The Kier molecular flexibility index (Phi) is 5.32. The molecule has 1 rings (SSSR count). The summed E-state index contributed by atoms with van der Waals surface area (Å²) in [4.78, 5) is -0.244. The number of aliphatic hydroxyl groups is 1. The predicted octanol–water partition coefficient (Wildman–Crippen LogP) is 2.29. The van der Waals surface area contributed by atoms with Crippen molar-refractivity contribution in [2.75, 3.05) is 0 Å². The number of hydrogen-bond acceptors (Lipinski definition) is 3. The Morgan fingerprint density at radius 1 is 1.37 bits per heavy atom. The Labute approximate surface area is 117 Å². The van der Waals surface area contributed by atoms with Crippen molar-refractivity contribution in [2.45, 2.75) is 38.3 Å². The standard InChI is InChI=1S/C12H17ClFNO3S/c1-7(2)8(3)15-19(17,18)10-4-9(6-16)12(13)11(14)5-10/h4-5,7-8,15-16H,6H2,1-3H3. The molecule has 0 spiro atoms. The molecule has 0 fully saturated rings. The van der Waals surface area contributed by atoms with Crippen LogP contribution < -0.4 is 4.72 Å². The first-order valence-corrected chi connectivity index (χ1v) is 7.66. The minimum atomic E-state index is -3.84. The smallest absolute Gasteiger partial charge is 0.240 e.